The van der Waals surface area contributed by atoms with Gasteiger partial charge in [0, 0.05) is 11.7 Å². The molecule has 1 fully saturated rings. The van der Waals surface area contributed by atoms with E-state index in [-0.39, 0.29) is 5.41 Å². The summed E-state index contributed by atoms with van der Waals surface area (Å²) in [6, 6.07) is 0. The molecule has 7 heteroatoms. The maximum absolute atomic E-state index is 11.2. The Hall–Kier alpha value is -1.34. The van der Waals surface area contributed by atoms with E-state index in [9.17, 15) is 9.90 Å². The molecule has 1 aliphatic rings. The van der Waals surface area contributed by atoms with E-state index in [2.05, 4.69) is 25.9 Å². The minimum atomic E-state index is -1.11. The Morgan fingerprint density at radius 2 is 1.77 bits per heavy atom. The molecular formula is C15H25BN2O4. The third-order valence-electron chi connectivity index (χ3n) is 4.22. The highest BCUT2D eigenvalue weighted by Gasteiger charge is 2.53. The summed E-state index contributed by atoms with van der Waals surface area (Å²) in [6.45, 7) is 14.1. The first-order valence-corrected chi connectivity index (χ1v) is 7.50. The molecule has 122 valence electrons. The van der Waals surface area contributed by atoms with Crippen LogP contribution in [-0.2, 0) is 15.7 Å². The zero-order valence-corrected chi connectivity index (χ0v) is 14.4. The van der Waals surface area contributed by atoms with Crippen LogP contribution in [0.2, 0.25) is 0 Å². The molecule has 22 heavy (non-hydrogen) atoms. The van der Waals surface area contributed by atoms with Gasteiger partial charge in [0.15, 0.2) is 0 Å². The van der Waals surface area contributed by atoms with E-state index in [1.165, 1.54) is 6.20 Å². The maximum atomic E-state index is 11.2. The summed E-state index contributed by atoms with van der Waals surface area (Å²) in [5.41, 5.74) is 0.435. The fraction of sp³-hybridized carbons (Fsp3) is 0.733. The Bertz CT molecular complexity index is 571. The lowest BCUT2D eigenvalue weighted by molar-refractivity contribution is 0.00578. The maximum Gasteiger partial charge on any atom is 0.498 e. The predicted octanol–water partition coefficient (Wildman–Crippen LogP) is 2.30. The Labute approximate surface area is 131 Å². The van der Waals surface area contributed by atoms with Crippen molar-refractivity contribution in [2.75, 3.05) is 0 Å². The van der Waals surface area contributed by atoms with Crippen molar-refractivity contribution < 1.29 is 19.2 Å². The fourth-order valence-electron chi connectivity index (χ4n) is 2.33. The lowest BCUT2D eigenvalue weighted by Gasteiger charge is -2.32. The normalized spacial score (nSPS) is 20.4. The van der Waals surface area contributed by atoms with Gasteiger partial charge in [0.25, 0.3) is 0 Å². The van der Waals surface area contributed by atoms with Gasteiger partial charge in [-0.25, -0.2) is 4.79 Å². The quantitative estimate of drug-likeness (QED) is 0.849. The van der Waals surface area contributed by atoms with E-state index >= 15 is 0 Å². The smallest absolute Gasteiger partial charge is 0.463 e. The fourth-order valence-corrected chi connectivity index (χ4v) is 2.33. The number of aromatic nitrogens is 2. The van der Waals surface area contributed by atoms with Crippen molar-refractivity contribution >= 4 is 18.7 Å². The van der Waals surface area contributed by atoms with Crippen molar-refractivity contribution in [2.24, 2.45) is 5.41 Å². The standard InChI is InChI=1S/C15H25BN2O4/c1-13(2,3)8-11-10(9-18(17-11)12(19)20)16-21-14(4,5)15(6,7)22-16/h9H,8H2,1-7H3,(H,19,20). The first-order chi connectivity index (χ1) is 9.82. The number of carboxylic acid groups (broad SMARTS) is 1. The van der Waals surface area contributed by atoms with Gasteiger partial charge in [0.1, 0.15) is 0 Å². The zero-order chi connectivity index (χ0) is 16.9. The third-order valence-corrected chi connectivity index (χ3v) is 4.22. The predicted molar refractivity (Wildman–Crippen MR) is 84.5 cm³/mol. The lowest BCUT2D eigenvalue weighted by Crippen LogP contribution is -2.41. The van der Waals surface area contributed by atoms with Crippen molar-refractivity contribution in [3.05, 3.63) is 11.9 Å². The summed E-state index contributed by atoms with van der Waals surface area (Å²) >= 11 is 0. The van der Waals surface area contributed by atoms with Crippen LogP contribution in [0.4, 0.5) is 4.79 Å². The third kappa shape index (κ3) is 3.20. The minimum absolute atomic E-state index is 0.0178. The largest absolute Gasteiger partial charge is 0.498 e. The monoisotopic (exact) mass is 308 g/mol. The highest BCUT2D eigenvalue weighted by Crippen LogP contribution is 2.36. The van der Waals surface area contributed by atoms with Gasteiger partial charge in [0.2, 0.25) is 0 Å². The SMILES string of the molecule is CC(C)(C)Cc1nn(C(=O)O)cc1B1OC(C)(C)C(C)(C)O1. The van der Waals surface area contributed by atoms with Crippen LogP contribution in [0.1, 0.15) is 54.2 Å². The molecule has 6 nitrogen and oxygen atoms in total. The van der Waals surface area contributed by atoms with Crippen molar-refractivity contribution in [3.63, 3.8) is 0 Å². The molecule has 0 aliphatic carbocycles. The number of hydrogen-bond donors (Lipinski definition) is 1. The second kappa shape index (κ2) is 5.10. The second-order valence-corrected chi connectivity index (χ2v) is 8.08. The molecule has 1 aromatic rings. The van der Waals surface area contributed by atoms with Gasteiger partial charge in [0.05, 0.1) is 16.9 Å². The first kappa shape index (κ1) is 17.0. The number of rotatable bonds is 2. The van der Waals surface area contributed by atoms with E-state index in [4.69, 9.17) is 9.31 Å². The summed E-state index contributed by atoms with van der Waals surface area (Å²) in [6.07, 6.45) is 1.02. The van der Waals surface area contributed by atoms with E-state index in [1.54, 1.807) is 0 Å². The van der Waals surface area contributed by atoms with Crippen LogP contribution in [-0.4, -0.2) is 39.3 Å². The Morgan fingerprint density at radius 3 is 2.18 bits per heavy atom. The Kier molecular flexibility index (Phi) is 3.94. The van der Waals surface area contributed by atoms with Crippen LogP contribution in [0.3, 0.4) is 0 Å². The number of nitrogens with zero attached hydrogens (tertiary/aromatic N) is 2. The number of hydrogen-bond acceptors (Lipinski definition) is 4. The summed E-state index contributed by atoms with van der Waals surface area (Å²) < 4.78 is 13.0. The van der Waals surface area contributed by atoms with Crippen molar-refractivity contribution in [2.45, 2.75) is 66.1 Å². The topological polar surface area (TPSA) is 73.6 Å². The summed E-state index contributed by atoms with van der Waals surface area (Å²) in [5.74, 6) is 0. The molecule has 0 radical (unpaired) electrons. The van der Waals surface area contributed by atoms with E-state index in [0.717, 1.165) is 4.68 Å². The van der Waals surface area contributed by atoms with E-state index in [1.807, 2.05) is 27.7 Å². The van der Waals surface area contributed by atoms with Gasteiger partial charge in [-0.15, -0.1) is 0 Å². The molecule has 0 saturated carbocycles. The van der Waals surface area contributed by atoms with Crippen molar-refractivity contribution in [1.29, 1.82) is 0 Å². The van der Waals surface area contributed by atoms with Crippen LogP contribution >= 0.6 is 0 Å². The highest BCUT2D eigenvalue weighted by molar-refractivity contribution is 6.62. The van der Waals surface area contributed by atoms with Crippen LogP contribution in [0.15, 0.2) is 6.20 Å². The molecule has 0 spiro atoms. The van der Waals surface area contributed by atoms with Crippen LogP contribution in [0.5, 0.6) is 0 Å². The molecule has 2 heterocycles. The molecule has 0 unspecified atom stereocenters. The molecule has 1 saturated heterocycles. The molecule has 0 atom stereocenters. The second-order valence-electron chi connectivity index (χ2n) is 8.08. The van der Waals surface area contributed by atoms with Gasteiger partial charge >= 0.3 is 13.2 Å². The van der Waals surface area contributed by atoms with Gasteiger partial charge < -0.3 is 14.4 Å². The van der Waals surface area contributed by atoms with Gasteiger partial charge in [-0.2, -0.15) is 9.78 Å². The van der Waals surface area contributed by atoms with Crippen LogP contribution < -0.4 is 5.46 Å². The lowest BCUT2D eigenvalue weighted by atomic mass is 9.76. The van der Waals surface area contributed by atoms with Crippen LogP contribution in [0, 0.1) is 5.41 Å². The molecule has 0 aromatic carbocycles. The molecule has 1 aromatic heterocycles. The van der Waals surface area contributed by atoms with Gasteiger partial charge in [-0.3, -0.25) is 0 Å². The minimum Gasteiger partial charge on any atom is -0.463 e. The summed E-state index contributed by atoms with van der Waals surface area (Å²) in [5, 5.41) is 13.4. The first-order valence-electron chi connectivity index (χ1n) is 7.50. The van der Waals surface area contributed by atoms with E-state index in [0.29, 0.717) is 17.6 Å². The van der Waals surface area contributed by atoms with Gasteiger partial charge in [-0.1, -0.05) is 20.8 Å². The highest BCUT2D eigenvalue weighted by atomic mass is 16.7. The molecule has 0 bridgehead atoms. The average Bonchev–Trinajstić information content (AvgIpc) is 2.76. The van der Waals surface area contributed by atoms with Crippen molar-refractivity contribution in [3.8, 4) is 0 Å². The molecule has 0 amide bonds. The van der Waals surface area contributed by atoms with Crippen molar-refractivity contribution in [1.82, 2.24) is 9.78 Å². The average molecular weight is 308 g/mol. The van der Waals surface area contributed by atoms with Gasteiger partial charge in [-0.05, 0) is 39.5 Å². The molecule has 2 rings (SSSR count). The summed E-state index contributed by atoms with van der Waals surface area (Å²) in [7, 11) is -0.601. The molecule has 1 N–H and O–H groups in total. The Balaban J connectivity index is 2.40. The molecular weight excluding hydrogens is 283 g/mol. The van der Waals surface area contributed by atoms with Crippen LogP contribution in [0.25, 0.3) is 0 Å². The zero-order valence-electron chi connectivity index (χ0n) is 14.4. The number of carbonyl (C=O) groups is 1. The van der Waals surface area contributed by atoms with E-state index < -0.39 is 24.4 Å². The molecule has 1 aliphatic heterocycles. The Morgan fingerprint density at radius 1 is 1.27 bits per heavy atom. The summed E-state index contributed by atoms with van der Waals surface area (Å²) in [4.78, 5) is 11.2.